The van der Waals surface area contributed by atoms with Crippen molar-refractivity contribution in [1.82, 2.24) is 0 Å². The summed E-state index contributed by atoms with van der Waals surface area (Å²) in [7, 11) is 0. The van der Waals surface area contributed by atoms with Gasteiger partial charge in [-0.05, 0) is 153 Å². The molecule has 2 aliphatic heterocycles. The van der Waals surface area contributed by atoms with Crippen molar-refractivity contribution < 1.29 is 4.42 Å². The molecule has 6 heteroatoms. The van der Waals surface area contributed by atoms with Crippen LogP contribution in [0.2, 0.25) is 0 Å². The lowest BCUT2D eigenvalue weighted by Crippen LogP contribution is -2.60. The summed E-state index contributed by atoms with van der Waals surface area (Å²) in [6.07, 6.45) is 4.70. The summed E-state index contributed by atoms with van der Waals surface area (Å²) in [5.41, 5.74) is 19.5. The Bertz CT molecular complexity index is 3910. The molecule has 0 spiro atoms. The number of para-hydroxylation sites is 1. The van der Waals surface area contributed by atoms with Crippen molar-refractivity contribution in [3.8, 4) is 11.1 Å². The maximum atomic E-state index is 7.25. The maximum Gasteiger partial charge on any atom is 0.343 e. The quantitative estimate of drug-likeness (QED) is 0.161. The Morgan fingerprint density at radius 3 is 1.84 bits per heavy atom. The Morgan fingerprint density at radius 1 is 0.514 bits per heavy atom. The third-order valence-electron chi connectivity index (χ3n) is 17.7. The van der Waals surface area contributed by atoms with Gasteiger partial charge in [-0.2, -0.15) is 0 Å². The minimum atomic E-state index is -0.128. The first kappa shape index (κ1) is 43.0. The van der Waals surface area contributed by atoms with Crippen molar-refractivity contribution in [2.45, 2.75) is 129 Å². The third kappa shape index (κ3) is 5.87. The average molecular weight is 949 g/mol. The highest BCUT2D eigenvalue weighted by molar-refractivity contribution is 7.32. The van der Waals surface area contributed by atoms with Gasteiger partial charge in [0.15, 0.2) is 0 Å². The average Bonchev–Trinajstić information content (AvgIpc) is 4.02. The minimum Gasteiger partial charge on any atom is -0.455 e. The minimum absolute atomic E-state index is 0.0253. The van der Waals surface area contributed by atoms with E-state index in [2.05, 4.69) is 207 Å². The standard InChI is InChI=1S/C64H61BN2OS2/c1-60(2,3)36-20-22-37(23-21-36)67-49-35-54-41(40-17-13-15-19-52(40)69-54)31-43(49)55-56-50(33-42-39-16-12-14-18-51(39)68-58(42)55)66(38-24-25-45-46(30-38)62(6,7)27-26-61(45,4)5)57-44-32-47-48(34-53(44)70-59(57)65(56)67)64(10,11)29-28-63(47,8)9/h12-25,30-35H,26-29H2,1-11H3. The number of hydrogen-bond donors (Lipinski definition) is 0. The van der Waals surface area contributed by atoms with Crippen LogP contribution < -0.4 is 20.0 Å². The number of hydrogen-bond acceptors (Lipinski definition) is 5. The van der Waals surface area contributed by atoms with Crippen molar-refractivity contribution >= 4 is 120 Å². The van der Waals surface area contributed by atoms with E-state index >= 15 is 0 Å². The second-order valence-corrected chi connectivity index (χ2v) is 27.2. The van der Waals surface area contributed by atoms with E-state index in [-0.39, 0.29) is 33.9 Å². The Morgan fingerprint density at radius 2 is 1.13 bits per heavy atom. The number of rotatable bonds is 2. The zero-order valence-electron chi connectivity index (χ0n) is 42.6. The second-order valence-electron chi connectivity index (χ2n) is 25.0. The van der Waals surface area contributed by atoms with Crippen LogP contribution in [0.1, 0.15) is 130 Å². The number of benzene rings is 7. The van der Waals surface area contributed by atoms with E-state index < -0.39 is 0 Å². The highest BCUT2D eigenvalue weighted by Gasteiger charge is 2.50. The first-order valence-corrected chi connectivity index (χ1v) is 27.3. The summed E-state index contributed by atoms with van der Waals surface area (Å²) in [4.78, 5) is 5.45. The van der Waals surface area contributed by atoms with Gasteiger partial charge in [-0.25, -0.2) is 0 Å². The molecule has 2 aliphatic carbocycles. The van der Waals surface area contributed by atoms with Crippen molar-refractivity contribution in [2.24, 2.45) is 0 Å². The fourth-order valence-electron chi connectivity index (χ4n) is 13.4. The van der Waals surface area contributed by atoms with Crippen molar-refractivity contribution in [3.63, 3.8) is 0 Å². The molecule has 7 aromatic carbocycles. The first-order chi connectivity index (χ1) is 33.3. The van der Waals surface area contributed by atoms with Crippen LogP contribution in [-0.4, -0.2) is 6.85 Å². The van der Waals surface area contributed by atoms with Gasteiger partial charge in [0.2, 0.25) is 0 Å². The zero-order chi connectivity index (χ0) is 48.2. The summed E-state index contributed by atoms with van der Waals surface area (Å²) >= 11 is 3.93. The van der Waals surface area contributed by atoms with E-state index in [1.54, 1.807) is 0 Å². The monoisotopic (exact) mass is 948 g/mol. The highest BCUT2D eigenvalue weighted by Crippen LogP contribution is 2.57. The molecule has 0 atom stereocenters. The van der Waals surface area contributed by atoms with E-state index in [0.29, 0.717) is 0 Å². The van der Waals surface area contributed by atoms with Crippen molar-refractivity contribution in [1.29, 1.82) is 0 Å². The molecule has 0 unspecified atom stereocenters. The Labute approximate surface area is 421 Å². The largest absolute Gasteiger partial charge is 0.455 e. The summed E-state index contributed by atoms with van der Waals surface area (Å²) in [5, 5.41) is 6.29. The topological polar surface area (TPSA) is 19.6 Å². The molecule has 348 valence electrons. The maximum absolute atomic E-state index is 7.25. The van der Waals surface area contributed by atoms with Gasteiger partial charge in [0, 0.05) is 79.7 Å². The normalized spacial score (nSPS) is 18.4. The number of furan rings is 1. The van der Waals surface area contributed by atoms with Gasteiger partial charge >= 0.3 is 6.85 Å². The van der Waals surface area contributed by atoms with Crippen LogP contribution in [-0.2, 0) is 27.1 Å². The van der Waals surface area contributed by atoms with E-state index in [1.165, 1.54) is 133 Å². The van der Waals surface area contributed by atoms with E-state index in [1.807, 2.05) is 22.7 Å². The molecule has 5 heterocycles. The van der Waals surface area contributed by atoms with Crippen LogP contribution in [0.25, 0.3) is 63.3 Å². The van der Waals surface area contributed by atoms with E-state index in [0.717, 1.165) is 23.0 Å². The molecule has 0 N–H and O–H groups in total. The number of fused-ring (bicyclic) bond motifs is 15. The predicted molar refractivity (Wildman–Crippen MR) is 305 cm³/mol. The fraction of sp³-hybridized carbons (Fsp3) is 0.312. The summed E-state index contributed by atoms with van der Waals surface area (Å²) < 4.78 is 12.6. The van der Waals surface area contributed by atoms with Gasteiger partial charge in [0.05, 0.1) is 5.69 Å². The Kier molecular flexibility index (Phi) is 8.59. The number of nitrogens with zero attached hydrogens (tertiary/aromatic N) is 2. The molecule has 14 rings (SSSR count). The molecule has 0 fully saturated rings. The molecule has 0 radical (unpaired) electrons. The number of anilines is 5. The fourth-order valence-corrected chi connectivity index (χ4v) is 15.8. The summed E-state index contributed by atoms with van der Waals surface area (Å²) in [6, 6.07) is 47.6. The van der Waals surface area contributed by atoms with E-state index in [9.17, 15) is 0 Å². The van der Waals surface area contributed by atoms with Gasteiger partial charge in [-0.3, -0.25) is 0 Å². The van der Waals surface area contributed by atoms with Crippen LogP contribution in [0.4, 0.5) is 28.4 Å². The van der Waals surface area contributed by atoms with Gasteiger partial charge in [-0.15, -0.1) is 22.7 Å². The molecule has 3 nitrogen and oxygen atoms in total. The summed E-state index contributed by atoms with van der Waals surface area (Å²) in [6.45, 7) is 26.6. The SMILES string of the molecule is CC(C)(C)c1ccc(N2B3c4sc5cc6c(cc5c4N(c4ccc5c(c4)C(C)(C)CCC5(C)C)c4cc5c(oc7ccccc75)c(c43)-c3cc4c(cc32)sc2ccccc24)C(C)(C)CCC6(C)C)cc1. The van der Waals surface area contributed by atoms with Crippen molar-refractivity contribution in [3.05, 3.63) is 149 Å². The molecule has 0 saturated carbocycles. The summed E-state index contributed by atoms with van der Waals surface area (Å²) in [5.74, 6) is 0. The molecule has 0 amide bonds. The molecule has 3 aromatic heterocycles. The van der Waals surface area contributed by atoms with Gasteiger partial charge in [0.25, 0.3) is 0 Å². The van der Waals surface area contributed by atoms with Crippen LogP contribution in [0.5, 0.6) is 0 Å². The van der Waals surface area contributed by atoms with Gasteiger partial charge in [-0.1, -0.05) is 131 Å². The lowest BCUT2D eigenvalue weighted by molar-refractivity contribution is 0.332. The highest BCUT2D eigenvalue weighted by atomic mass is 32.1. The lowest BCUT2D eigenvalue weighted by Gasteiger charge is -2.46. The van der Waals surface area contributed by atoms with Gasteiger partial charge < -0.3 is 14.1 Å². The smallest absolute Gasteiger partial charge is 0.343 e. The Balaban J connectivity index is 1.17. The van der Waals surface area contributed by atoms with Crippen LogP contribution in [0.3, 0.4) is 0 Å². The van der Waals surface area contributed by atoms with Crippen molar-refractivity contribution in [2.75, 3.05) is 9.71 Å². The number of thiophene rings is 2. The predicted octanol–water partition coefficient (Wildman–Crippen LogP) is 17.9. The third-order valence-corrected chi connectivity index (χ3v) is 20.1. The molecular weight excluding hydrogens is 888 g/mol. The molecule has 70 heavy (non-hydrogen) atoms. The van der Waals surface area contributed by atoms with Crippen LogP contribution in [0, 0.1) is 0 Å². The Hall–Kier alpha value is -5.82. The van der Waals surface area contributed by atoms with E-state index in [4.69, 9.17) is 4.42 Å². The molecule has 4 aliphatic rings. The molecular formula is C64H61BN2OS2. The molecule has 10 aromatic rings. The second kappa shape index (κ2) is 14.0. The molecule has 0 saturated heterocycles. The first-order valence-electron chi connectivity index (χ1n) is 25.7. The zero-order valence-corrected chi connectivity index (χ0v) is 44.2. The van der Waals surface area contributed by atoms with Gasteiger partial charge in [0.1, 0.15) is 11.2 Å². The molecule has 0 bridgehead atoms. The van der Waals surface area contributed by atoms with Crippen LogP contribution in [0.15, 0.2) is 126 Å². The van der Waals surface area contributed by atoms with Crippen LogP contribution >= 0.6 is 22.7 Å². The lowest BCUT2D eigenvalue weighted by atomic mass is 9.46.